The molecule has 1 aliphatic carbocycles. The molecule has 1 saturated carbocycles. The zero-order valence-corrected chi connectivity index (χ0v) is 13.6. The molecule has 0 bridgehead atoms. The van der Waals surface area contributed by atoms with Crippen LogP contribution in [0.4, 0.5) is 0 Å². The van der Waals surface area contributed by atoms with E-state index in [2.05, 4.69) is 20.6 Å². The normalized spacial score (nSPS) is 22.7. The second kappa shape index (κ2) is 5.91. The molecule has 6 nitrogen and oxygen atoms in total. The Bertz CT molecular complexity index is 910. The molecule has 0 saturated heterocycles. The van der Waals surface area contributed by atoms with Gasteiger partial charge in [0.05, 0.1) is 18.5 Å². The van der Waals surface area contributed by atoms with Gasteiger partial charge in [0.1, 0.15) is 28.5 Å². The Morgan fingerprint density at radius 2 is 2.17 bits per heavy atom. The molecule has 3 aromatic heterocycles. The molecule has 3 heterocycles. The van der Waals surface area contributed by atoms with Crippen LogP contribution in [0.2, 0.25) is 0 Å². The van der Waals surface area contributed by atoms with E-state index >= 15 is 0 Å². The zero-order chi connectivity index (χ0) is 16.7. The zero-order valence-electron chi connectivity index (χ0n) is 13.6. The number of fused-ring (bicyclic) bond motifs is 3. The lowest BCUT2D eigenvalue weighted by Crippen LogP contribution is -2.20. The highest BCUT2D eigenvalue weighted by Gasteiger charge is 2.28. The Hall–Kier alpha value is -2.39. The third kappa shape index (κ3) is 2.36. The number of aliphatic hydroxyl groups excluding tert-OH is 1. The molecule has 1 atom stereocenters. The molecule has 0 aromatic carbocycles. The summed E-state index contributed by atoms with van der Waals surface area (Å²) in [7, 11) is 0. The number of rotatable bonds is 3. The van der Waals surface area contributed by atoms with Crippen LogP contribution in [0.3, 0.4) is 0 Å². The van der Waals surface area contributed by atoms with Crippen molar-refractivity contribution in [2.24, 2.45) is 5.92 Å². The Morgan fingerprint density at radius 3 is 2.88 bits per heavy atom. The molecule has 1 fully saturated rings. The number of imidazole rings is 1. The van der Waals surface area contributed by atoms with Crippen LogP contribution in [0.25, 0.3) is 22.1 Å². The lowest BCUT2D eigenvalue weighted by molar-refractivity contribution is 0.175. The molecule has 3 aromatic rings. The van der Waals surface area contributed by atoms with E-state index in [0.29, 0.717) is 18.2 Å². The second-order valence-corrected chi connectivity index (χ2v) is 6.68. The van der Waals surface area contributed by atoms with Crippen LogP contribution in [0.1, 0.15) is 57.0 Å². The maximum atomic E-state index is 10.2. The quantitative estimate of drug-likeness (QED) is 0.790. The lowest BCUT2D eigenvalue weighted by atomic mass is 9.84. The van der Waals surface area contributed by atoms with Crippen molar-refractivity contribution in [2.75, 3.05) is 0 Å². The van der Waals surface area contributed by atoms with Gasteiger partial charge in [-0.2, -0.15) is 5.26 Å². The molecule has 24 heavy (non-hydrogen) atoms. The molecule has 4 rings (SSSR count). The van der Waals surface area contributed by atoms with Crippen molar-refractivity contribution in [2.45, 2.75) is 51.2 Å². The standard InChI is InChI=1S/C18H20N4O2/c1-11(23)18-21-15-10-20-14-7-9-24-17(14)16(15)22(18)13-4-2-12(3-5-13)6-8-19/h7,9-13,23H,2-6H2,1H3/t11-,12-,13-/m1/s1. The van der Waals surface area contributed by atoms with Crippen molar-refractivity contribution in [1.82, 2.24) is 14.5 Å². The summed E-state index contributed by atoms with van der Waals surface area (Å²) < 4.78 is 7.82. The predicted octanol–water partition coefficient (Wildman–Crippen LogP) is 3.88. The molecule has 1 N–H and O–H groups in total. The van der Waals surface area contributed by atoms with E-state index in [0.717, 1.165) is 47.8 Å². The average Bonchev–Trinajstić information content (AvgIpc) is 3.19. The average molecular weight is 324 g/mol. The van der Waals surface area contributed by atoms with E-state index in [1.165, 1.54) is 0 Å². The van der Waals surface area contributed by atoms with Gasteiger partial charge in [0, 0.05) is 18.5 Å². The molecular weight excluding hydrogens is 304 g/mol. The second-order valence-electron chi connectivity index (χ2n) is 6.68. The predicted molar refractivity (Wildman–Crippen MR) is 89.2 cm³/mol. The fourth-order valence-electron chi connectivity index (χ4n) is 3.90. The first kappa shape index (κ1) is 15.2. The van der Waals surface area contributed by atoms with Gasteiger partial charge in [-0.15, -0.1) is 0 Å². The summed E-state index contributed by atoms with van der Waals surface area (Å²) in [6.45, 7) is 1.74. The number of hydrogen-bond acceptors (Lipinski definition) is 5. The summed E-state index contributed by atoms with van der Waals surface area (Å²) >= 11 is 0. The maximum Gasteiger partial charge on any atom is 0.178 e. The number of aliphatic hydroxyl groups is 1. The summed E-state index contributed by atoms with van der Waals surface area (Å²) in [5.41, 5.74) is 3.21. The highest BCUT2D eigenvalue weighted by molar-refractivity contribution is 5.98. The van der Waals surface area contributed by atoms with E-state index in [1.807, 2.05) is 6.07 Å². The first-order valence-electron chi connectivity index (χ1n) is 8.48. The van der Waals surface area contributed by atoms with Gasteiger partial charge in [-0.1, -0.05) is 0 Å². The van der Waals surface area contributed by atoms with Gasteiger partial charge in [0.15, 0.2) is 5.58 Å². The van der Waals surface area contributed by atoms with Crippen LogP contribution in [-0.4, -0.2) is 19.6 Å². The summed E-state index contributed by atoms with van der Waals surface area (Å²) in [6, 6.07) is 4.40. The molecule has 0 radical (unpaired) electrons. The Labute approximate surface area is 139 Å². The largest absolute Gasteiger partial charge is 0.460 e. The van der Waals surface area contributed by atoms with Crippen LogP contribution in [0, 0.1) is 17.2 Å². The number of furan rings is 1. The SMILES string of the molecule is C[C@@H](O)c1nc2cnc3ccoc3c2n1[C@H]1CC[C@H](CC#N)CC1. The van der Waals surface area contributed by atoms with Crippen LogP contribution < -0.4 is 0 Å². The van der Waals surface area contributed by atoms with Gasteiger partial charge in [-0.25, -0.2) is 4.98 Å². The Balaban J connectivity index is 1.82. The van der Waals surface area contributed by atoms with Gasteiger partial charge in [-0.3, -0.25) is 4.98 Å². The highest BCUT2D eigenvalue weighted by Crippen LogP contribution is 2.39. The van der Waals surface area contributed by atoms with Crippen molar-refractivity contribution in [3.63, 3.8) is 0 Å². The molecule has 6 heteroatoms. The van der Waals surface area contributed by atoms with E-state index in [-0.39, 0.29) is 6.04 Å². The fourth-order valence-corrected chi connectivity index (χ4v) is 3.90. The number of hydrogen-bond donors (Lipinski definition) is 1. The van der Waals surface area contributed by atoms with Gasteiger partial charge in [-0.05, 0) is 38.5 Å². The lowest BCUT2D eigenvalue weighted by Gasteiger charge is -2.30. The van der Waals surface area contributed by atoms with Crippen LogP contribution in [-0.2, 0) is 0 Å². The van der Waals surface area contributed by atoms with Gasteiger partial charge in [0.25, 0.3) is 0 Å². The van der Waals surface area contributed by atoms with Gasteiger partial charge in [0.2, 0.25) is 0 Å². The molecular formula is C18H20N4O2. The third-order valence-corrected chi connectivity index (χ3v) is 5.09. The monoisotopic (exact) mass is 324 g/mol. The van der Waals surface area contributed by atoms with Crippen LogP contribution in [0.15, 0.2) is 22.9 Å². The van der Waals surface area contributed by atoms with E-state index in [4.69, 9.17) is 9.68 Å². The van der Waals surface area contributed by atoms with E-state index < -0.39 is 6.10 Å². The number of nitrogens with zero attached hydrogens (tertiary/aromatic N) is 4. The maximum absolute atomic E-state index is 10.2. The summed E-state index contributed by atoms with van der Waals surface area (Å²) in [6.07, 6.45) is 7.40. The molecule has 124 valence electrons. The molecule has 0 unspecified atom stereocenters. The van der Waals surface area contributed by atoms with Crippen molar-refractivity contribution in [1.29, 1.82) is 5.26 Å². The number of pyridine rings is 1. The topological polar surface area (TPSA) is 87.9 Å². The summed E-state index contributed by atoms with van der Waals surface area (Å²) in [4.78, 5) is 8.99. The first-order valence-corrected chi connectivity index (χ1v) is 8.48. The molecule has 0 aliphatic heterocycles. The minimum atomic E-state index is -0.653. The van der Waals surface area contributed by atoms with Crippen LogP contribution >= 0.6 is 0 Å². The third-order valence-electron chi connectivity index (χ3n) is 5.09. The smallest absolute Gasteiger partial charge is 0.178 e. The molecule has 0 spiro atoms. The van der Waals surface area contributed by atoms with Crippen LogP contribution in [0.5, 0.6) is 0 Å². The Morgan fingerprint density at radius 1 is 1.38 bits per heavy atom. The fraction of sp³-hybridized carbons (Fsp3) is 0.500. The van der Waals surface area contributed by atoms with Gasteiger partial charge < -0.3 is 14.1 Å². The van der Waals surface area contributed by atoms with Gasteiger partial charge >= 0.3 is 0 Å². The summed E-state index contributed by atoms with van der Waals surface area (Å²) in [5.74, 6) is 1.15. The minimum absolute atomic E-state index is 0.269. The first-order chi connectivity index (χ1) is 11.7. The highest BCUT2D eigenvalue weighted by atomic mass is 16.3. The number of aromatic nitrogens is 3. The number of nitriles is 1. The Kier molecular flexibility index (Phi) is 3.73. The molecule has 0 amide bonds. The van der Waals surface area contributed by atoms with Crippen molar-refractivity contribution < 1.29 is 9.52 Å². The minimum Gasteiger partial charge on any atom is -0.460 e. The molecule has 1 aliphatic rings. The summed E-state index contributed by atoms with van der Waals surface area (Å²) in [5, 5.41) is 19.1. The van der Waals surface area contributed by atoms with Crippen molar-refractivity contribution in [3.05, 3.63) is 24.4 Å². The van der Waals surface area contributed by atoms with E-state index in [1.54, 1.807) is 19.4 Å². The van der Waals surface area contributed by atoms with E-state index in [9.17, 15) is 5.11 Å². The van der Waals surface area contributed by atoms with Crippen molar-refractivity contribution in [3.8, 4) is 6.07 Å². The van der Waals surface area contributed by atoms with Crippen molar-refractivity contribution >= 4 is 22.1 Å².